The first kappa shape index (κ1) is 21.6. The van der Waals surface area contributed by atoms with Gasteiger partial charge in [0.2, 0.25) is 0 Å². The van der Waals surface area contributed by atoms with Gasteiger partial charge in [-0.1, -0.05) is 6.92 Å². The van der Waals surface area contributed by atoms with Gasteiger partial charge >= 0.3 is 0 Å². The third kappa shape index (κ3) is 3.70. The molecule has 5 atom stereocenters. The first-order valence-electron chi connectivity index (χ1n) is 12.9. The summed E-state index contributed by atoms with van der Waals surface area (Å²) in [7, 11) is 0. The molecule has 0 spiro atoms. The fourth-order valence-electron chi connectivity index (χ4n) is 6.48. The van der Waals surface area contributed by atoms with Crippen LogP contribution in [0.1, 0.15) is 71.4 Å². The molecule has 2 aromatic rings. The summed E-state index contributed by atoms with van der Waals surface area (Å²) in [6, 6.07) is 3.32. The molecule has 0 radical (unpaired) electrons. The van der Waals surface area contributed by atoms with Gasteiger partial charge in [-0.05, 0) is 58.3 Å². The molecule has 4 saturated heterocycles. The number of piperidine rings is 1. The number of hydrogen-bond acceptors (Lipinski definition) is 7. The van der Waals surface area contributed by atoms with Gasteiger partial charge in [-0.3, -0.25) is 0 Å². The Morgan fingerprint density at radius 2 is 2.00 bits per heavy atom. The van der Waals surface area contributed by atoms with E-state index in [0.717, 1.165) is 94.6 Å². The lowest BCUT2D eigenvalue weighted by atomic mass is 9.84. The number of aromatic nitrogens is 3. The number of anilines is 2. The van der Waals surface area contributed by atoms with Crippen molar-refractivity contribution in [3.8, 4) is 0 Å². The van der Waals surface area contributed by atoms with Gasteiger partial charge in [0.25, 0.3) is 0 Å². The summed E-state index contributed by atoms with van der Waals surface area (Å²) in [4.78, 5) is 10.2. The van der Waals surface area contributed by atoms with Crippen LogP contribution in [-0.4, -0.2) is 70.0 Å². The number of fused-ring (bicyclic) bond motifs is 3. The van der Waals surface area contributed by atoms with Crippen LogP contribution in [0.2, 0.25) is 0 Å². The molecule has 180 valence electrons. The SMILES string of the molecule is CC[C@]1(O)CCN(c2cc(N3C4CCC3COC4)nc3c2cnn3C2CCCCO2)[C@H](C)C1. The van der Waals surface area contributed by atoms with Crippen LogP contribution in [0.25, 0.3) is 11.0 Å². The Morgan fingerprint density at radius 1 is 1.18 bits per heavy atom. The van der Waals surface area contributed by atoms with Crippen molar-refractivity contribution in [2.45, 2.75) is 95.2 Å². The van der Waals surface area contributed by atoms with Crippen molar-refractivity contribution >= 4 is 22.5 Å². The lowest BCUT2D eigenvalue weighted by Gasteiger charge is -2.44. The van der Waals surface area contributed by atoms with E-state index in [9.17, 15) is 5.11 Å². The van der Waals surface area contributed by atoms with Crippen LogP contribution in [0, 0.1) is 0 Å². The smallest absolute Gasteiger partial charge is 0.164 e. The fraction of sp³-hybridized carbons (Fsp3) is 0.760. The predicted molar refractivity (Wildman–Crippen MR) is 128 cm³/mol. The van der Waals surface area contributed by atoms with Gasteiger partial charge in [-0.2, -0.15) is 5.10 Å². The van der Waals surface area contributed by atoms with Crippen molar-refractivity contribution in [2.24, 2.45) is 0 Å². The highest BCUT2D eigenvalue weighted by molar-refractivity contribution is 5.92. The summed E-state index contributed by atoms with van der Waals surface area (Å²) in [5.41, 5.74) is 1.55. The van der Waals surface area contributed by atoms with Crippen LogP contribution >= 0.6 is 0 Å². The van der Waals surface area contributed by atoms with Crippen molar-refractivity contribution < 1.29 is 14.6 Å². The van der Waals surface area contributed by atoms with E-state index in [-0.39, 0.29) is 12.3 Å². The van der Waals surface area contributed by atoms with Gasteiger partial charge < -0.3 is 24.4 Å². The second-order valence-corrected chi connectivity index (χ2v) is 10.6. The van der Waals surface area contributed by atoms with Crippen LogP contribution in [0.4, 0.5) is 11.5 Å². The molecule has 4 fully saturated rings. The van der Waals surface area contributed by atoms with Crippen LogP contribution in [-0.2, 0) is 9.47 Å². The van der Waals surface area contributed by atoms with Crippen LogP contribution in [0.15, 0.2) is 12.3 Å². The van der Waals surface area contributed by atoms with Crippen LogP contribution in [0.5, 0.6) is 0 Å². The highest BCUT2D eigenvalue weighted by Gasteiger charge is 2.40. The predicted octanol–water partition coefficient (Wildman–Crippen LogP) is 3.63. The molecule has 1 N–H and O–H groups in total. The molecule has 8 nitrogen and oxygen atoms in total. The quantitative estimate of drug-likeness (QED) is 0.754. The van der Waals surface area contributed by atoms with Crippen LogP contribution < -0.4 is 9.80 Å². The van der Waals surface area contributed by atoms with Crippen LogP contribution in [0.3, 0.4) is 0 Å². The number of morpholine rings is 1. The summed E-state index contributed by atoms with van der Waals surface area (Å²) in [5, 5.41) is 16.8. The maximum atomic E-state index is 10.9. The van der Waals surface area contributed by atoms with Crippen molar-refractivity contribution in [1.29, 1.82) is 0 Å². The largest absolute Gasteiger partial charge is 0.390 e. The first-order chi connectivity index (χ1) is 16.1. The Hall–Kier alpha value is -1.90. The van der Waals surface area contributed by atoms with Gasteiger partial charge in [0.05, 0.1) is 48.2 Å². The zero-order chi connectivity index (χ0) is 22.6. The normalized spacial score (nSPS) is 34.9. The third-order valence-corrected chi connectivity index (χ3v) is 8.46. The number of hydrogen-bond donors (Lipinski definition) is 1. The maximum absolute atomic E-state index is 10.9. The molecule has 3 unspecified atom stereocenters. The minimum absolute atomic E-state index is 0.0442. The molecular formula is C25H37N5O3. The summed E-state index contributed by atoms with van der Waals surface area (Å²) >= 11 is 0. The molecule has 8 heteroatoms. The molecule has 33 heavy (non-hydrogen) atoms. The topological polar surface area (TPSA) is 75.9 Å². The number of ether oxygens (including phenoxy) is 2. The van der Waals surface area contributed by atoms with E-state index in [1.165, 1.54) is 5.69 Å². The lowest BCUT2D eigenvalue weighted by Crippen LogP contribution is -2.49. The average Bonchev–Trinajstić information content (AvgIpc) is 3.37. The molecule has 6 heterocycles. The number of aliphatic hydroxyl groups is 1. The molecule has 2 bridgehead atoms. The van der Waals surface area contributed by atoms with E-state index in [0.29, 0.717) is 12.1 Å². The number of rotatable bonds is 4. The summed E-state index contributed by atoms with van der Waals surface area (Å²) < 4.78 is 14.0. The molecule has 0 saturated carbocycles. The van der Waals surface area contributed by atoms with E-state index in [1.54, 1.807) is 0 Å². The third-order valence-electron chi connectivity index (χ3n) is 8.46. The highest BCUT2D eigenvalue weighted by atomic mass is 16.5. The Morgan fingerprint density at radius 3 is 2.70 bits per heavy atom. The Balaban J connectivity index is 1.44. The van der Waals surface area contributed by atoms with Crippen molar-refractivity contribution in [2.75, 3.05) is 36.2 Å². The second kappa shape index (κ2) is 8.40. The van der Waals surface area contributed by atoms with E-state index in [4.69, 9.17) is 19.6 Å². The minimum atomic E-state index is -0.561. The van der Waals surface area contributed by atoms with E-state index >= 15 is 0 Å². The Kier molecular flexibility index (Phi) is 5.50. The van der Waals surface area contributed by atoms with E-state index < -0.39 is 5.60 Å². The first-order valence-corrected chi connectivity index (χ1v) is 12.9. The van der Waals surface area contributed by atoms with Gasteiger partial charge in [0.1, 0.15) is 5.82 Å². The molecule has 4 aliphatic heterocycles. The summed E-state index contributed by atoms with van der Waals surface area (Å²) in [6.45, 7) is 7.50. The standard InChI is InChI=1S/C25H37N5O3/c1-3-25(31)9-10-28(17(2)13-25)21-12-22(29-18-7-8-19(29)16-32-15-18)27-24-20(21)14-26-30(24)23-6-4-5-11-33-23/h12,14,17-19,23,31H,3-11,13,15-16H2,1-2H3/t17-,18?,19?,23?,25+/m1/s1. The molecule has 2 aromatic heterocycles. The summed E-state index contributed by atoms with van der Waals surface area (Å²) in [6.07, 6.45) is 9.87. The molecule has 0 aliphatic carbocycles. The van der Waals surface area contributed by atoms with Gasteiger partial charge in [-0.25, -0.2) is 9.67 Å². The zero-order valence-electron chi connectivity index (χ0n) is 19.9. The lowest BCUT2D eigenvalue weighted by molar-refractivity contribution is -0.0370. The van der Waals surface area contributed by atoms with E-state index in [2.05, 4.69) is 29.7 Å². The molecule has 0 amide bonds. The van der Waals surface area contributed by atoms with Crippen molar-refractivity contribution in [3.05, 3.63) is 12.3 Å². The Labute approximate surface area is 195 Å². The second-order valence-electron chi connectivity index (χ2n) is 10.6. The molecule has 4 aliphatic rings. The van der Waals surface area contributed by atoms with Crippen molar-refractivity contribution in [3.63, 3.8) is 0 Å². The van der Waals surface area contributed by atoms with Crippen molar-refractivity contribution in [1.82, 2.24) is 14.8 Å². The molecular weight excluding hydrogens is 418 g/mol. The van der Waals surface area contributed by atoms with Gasteiger partial charge in [-0.15, -0.1) is 0 Å². The molecule has 0 aromatic carbocycles. The minimum Gasteiger partial charge on any atom is -0.390 e. The summed E-state index contributed by atoms with van der Waals surface area (Å²) in [5.74, 6) is 1.04. The van der Waals surface area contributed by atoms with Gasteiger partial charge in [0.15, 0.2) is 11.9 Å². The number of nitrogens with zero attached hydrogens (tertiary/aromatic N) is 5. The van der Waals surface area contributed by atoms with E-state index in [1.807, 2.05) is 10.9 Å². The maximum Gasteiger partial charge on any atom is 0.164 e. The van der Waals surface area contributed by atoms with Gasteiger partial charge in [0, 0.05) is 25.3 Å². The molecule has 6 rings (SSSR count). The monoisotopic (exact) mass is 455 g/mol. The Bertz CT molecular complexity index is 989. The zero-order valence-corrected chi connectivity index (χ0v) is 19.9. The fourth-order valence-corrected chi connectivity index (χ4v) is 6.48. The highest BCUT2D eigenvalue weighted by Crippen LogP contribution is 2.41. The average molecular weight is 456 g/mol. The number of pyridine rings is 1.